The zero-order chi connectivity index (χ0) is 26.9. The third-order valence-electron chi connectivity index (χ3n) is 7.14. The maximum absolute atomic E-state index is 13.6. The summed E-state index contributed by atoms with van der Waals surface area (Å²) in [6, 6.07) is 2.90. The average molecular weight is 498 g/mol. The van der Waals surface area contributed by atoms with Gasteiger partial charge in [-0.15, -0.1) is 0 Å². The molecule has 0 unspecified atom stereocenters. The maximum Gasteiger partial charge on any atom is 0.305 e. The van der Waals surface area contributed by atoms with Crippen molar-refractivity contribution in [2.75, 3.05) is 14.1 Å². The van der Waals surface area contributed by atoms with E-state index in [1.807, 2.05) is 0 Å². The van der Waals surface area contributed by atoms with Crippen molar-refractivity contribution < 1.29 is 44.3 Å². The number of carbonyl (C=O) groups is 4. The number of aliphatic hydroxyl groups excluding tert-OH is 2. The lowest BCUT2D eigenvalue weighted by Crippen LogP contribution is -2.68. The maximum atomic E-state index is 13.6. The van der Waals surface area contributed by atoms with Crippen LogP contribution in [0.15, 0.2) is 47.4 Å². The number of rotatable bonds is 4. The van der Waals surface area contributed by atoms with Crippen molar-refractivity contribution in [2.45, 2.75) is 31.1 Å². The molecule has 0 aliphatic heterocycles. The summed E-state index contributed by atoms with van der Waals surface area (Å²) in [5, 5.41) is 44.5. The Balaban J connectivity index is 2.12. The van der Waals surface area contributed by atoms with Gasteiger partial charge in [0.2, 0.25) is 5.78 Å². The summed E-state index contributed by atoms with van der Waals surface area (Å²) >= 11 is 0. The molecule has 1 aromatic rings. The quantitative estimate of drug-likeness (QED) is 0.289. The standard InChI is InChI=1S/C25H26N2O9/c1-5-12(29)36-21-13-9(2)10-7-6-8-11(28)14(10)19(30)15(13)22(32)25(35)17(21)18(27(3)4)20(31)16(23(25)33)24(26)34/h6-8,13,17-18,21,28,31-32,35H,2,5H2,1,3-4H3,(H2,26,34)/t13-,17+,18-,21-,25-/m0/s1. The van der Waals surface area contributed by atoms with Gasteiger partial charge in [0.1, 0.15) is 28.9 Å². The lowest BCUT2D eigenvalue weighted by molar-refractivity contribution is -0.177. The number of amides is 1. The van der Waals surface area contributed by atoms with E-state index in [2.05, 4.69) is 6.58 Å². The number of phenols is 1. The fraction of sp³-hybridized carbons (Fsp3) is 0.360. The third-order valence-corrected chi connectivity index (χ3v) is 7.14. The van der Waals surface area contributed by atoms with Crippen LogP contribution in [-0.2, 0) is 19.1 Å². The van der Waals surface area contributed by atoms with E-state index in [4.69, 9.17) is 10.5 Å². The van der Waals surface area contributed by atoms with Gasteiger partial charge in [-0.1, -0.05) is 25.6 Å². The average Bonchev–Trinajstić information content (AvgIpc) is 2.80. The van der Waals surface area contributed by atoms with E-state index in [1.165, 1.54) is 44.1 Å². The Morgan fingerprint density at radius 1 is 1.19 bits per heavy atom. The Bertz CT molecular complexity index is 1310. The van der Waals surface area contributed by atoms with Crippen LogP contribution in [0.1, 0.15) is 29.3 Å². The molecular formula is C25H26N2O9. The van der Waals surface area contributed by atoms with E-state index in [0.29, 0.717) is 0 Å². The second kappa shape index (κ2) is 8.32. The zero-order valence-corrected chi connectivity index (χ0v) is 19.8. The van der Waals surface area contributed by atoms with Crippen LogP contribution in [0.25, 0.3) is 5.57 Å². The minimum absolute atomic E-state index is 0.105. The molecule has 5 atom stereocenters. The van der Waals surface area contributed by atoms with Crippen LogP contribution in [-0.4, -0.2) is 80.6 Å². The molecule has 0 spiro atoms. The number of aliphatic hydroxyl groups is 3. The van der Waals surface area contributed by atoms with E-state index in [-0.39, 0.29) is 23.1 Å². The number of fused-ring (bicyclic) bond motifs is 3. The molecule has 0 aromatic heterocycles. The summed E-state index contributed by atoms with van der Waals surface area (Å²) in [4.78, 5) is 53.1. The molecule has 0 saturated heterocycles. The lowest BCUT2D eigenvalue weighted by atomic mass is 9.56. The Kier molecular flexibility index (Phi) is 5.81. The zero-order valence-electron chi connectivity index (χ0n) is 19.8. The van der Waals surface area contributed by atoms with Crippen molar-refractivity contribution in [2.24, 2.45) is 17.6 Å². The van der Waals surface area contributed by atoms with Crippen LogP contribution in [0.2, 0.25) is 0 Å². The number of nitrogens with zero attached hydrogens (tertiary/aromatic N) is 1. The molecular weight excluding hydrogens is 472 g/mol. The number of ether oxygens (including phenoxy) is 1. The Hall–Kier alpha value is -3.96. The van der Waals surface area contributed by atoms with E-state index in [1.54, 1.807) is 0 Å². The normalized spacial score (nSPS) is 29.6. The highest BCUT2D eigenvalue weighted by atomic mass is 16.5. The summed E-state index contributed by atoms with van der Waals surface area (Å²) in [6.07, 6.45) is -1.60. The lowest BCUT2D eigenvalue weighted by Gasteiger charge is -2.53. The number of benzene rings is 1. The van der Waals surface area contributed by atoms with Crippen molar-refractivity contribution in [1.29, 1.82) is 0 Å². The number of ketones is 2. The van der Waals surface area contributed by atoms with Gasteiger partial charge in [-0.05, 0) is 31.3 Å². The highest BCUT2D eigenvalue weighted by Gasteiger charge is 2.68. The van der Waals surface area contributed by atoms with Gasteiger partial charge in [0.25, 0.3) is 5.91 Å². The third kappa shape index (κ3) is 3.12. The van der Waals surface area contributed by atoms with E-state index >= 15 is 0 Å². The van der Waals surface area contributed by atoms with Crippen LogP contribution in [0, 0.1) is 11.8 Å². The first kappa shape index (κ1) is 25.1. The predicted molar refractivity (Wildman–Crippen MR) is 125 cm³/mol. The van der Waals surface area contributed by atoms with Crippen molar-refractivity contribution in [1.82, 2.24) is 4.90 Å². The first-order chi connectivity index (χ1) is 16.8. The van der Waals surface area contributed by atoms with Crippen LogP contribution in [0.3, 0.4) is 0 Å². The molecule has 1 aromatic carbocycles. The summed E-state index contributed by atoms with van der Waals surface area (Å²) < 4.78 is 5.68. The topological polar surface area (TPSA) is 188 Å². The van der Waals surface area contributed by atoms with Gasteiger partial charge in [-0.25, -0.2) is 0 Å². The molecule has 3 aliphatic rings. The Morgan fingerprint density at radius 3 is 2.39 bits per heavy atom. The largest absolute Gasteiger partial charge is 0.510 e. The number of carbonyl (C=O) groups excluding carboxylic acids is 4. The van der Waals surface area contributed by atoms with Crippen molar-refractivity contribution in [3.8, 4) is 5.75 Å². The molecule has 11 nitrogen and oxygen atoms in total. The SMILES string of the molecule is C=C1c2cccc(O)c2C(=O)C2=C(O)[C@]3(O)C(=O)C(C(N)=O)=C(O)[C@@H](N(C)C)[C@@H]3[C@@H](OC(=O)CC)[C@@H]12. The highest BCUT2D eigenvalue weighted by Crippen LogP contribution is 2.55. The molecule has 11 heteroatoms. The number of esters is 1. The van der Waals surface area contributed by atoms with E-state index in [9.17, 15) is 39.6 Å². The number of hydrogen-bond donors (Lipinski definition) is 5. The predicted octanol–water partition coefficient (Wildman–Crippen LogP) is 0.523. The second-order valence-corrected chi connectivity index (χ2v) is 9.26. The van der Waals surface area contributed by atoms with Gasteiger partial charge >= 0.3 is 5.97 Å². The monoisotopic (exact) mass is 498 g/mol. The number of hydrogen-bond acceptors (Lipinski definition) is 10. The fourth-order valence-corrected chi connectivity index (χ4v) is 5.56. The van der Waals surface area contributed by atoms with Crippen molar-refractivity contribution >= 4 is 29.0 Å². The summed E-state index contributed by atoms with van der Waals surface area (Å²) in [7, 11) is 2.94. The molecule has 0 saturated carbocycles. The van der Waals surface area contributed by atoms with Crippen LogP contribution >= 0.6 is 0 Å². The summed E-state index contributed by atoms with van der Waals surface area (Å²) in [6.45, 7) is 5.53. The second-order valence-electron chi connectivity index (χ2n) is 9.26. The number of likely N-dealkylation sites (N-methyl/N-ethyl adjacent to an activating group) is 1. The van der Waals surface area contributed by atoms with Crippen LogP contribution in [0.4, 0.5) is 0 Å². The molecule has 0 bridgehead atoms. The summed E-state index contributed by atoms with van der Waals surface area (Å²) in [5.74, 6) is -9.59. The molecule has 0 heterocycles. The van der Waals surface area contributed by atoms with Gasteiger partial charge in [0.15, 0.2) is 11.4 Å². The number of aromatic hydroxyl groups is 1. The van der Waals surface area contributed by atoms with Gasteiger partial charge in [-0.3, -0.25) is 24.1 Å². The minimum Gasteiger partial charge on any atom is -0.510 e. The molecule has 6 N–H and O–H groups in total. The summed E-state index contributed by atoms with van der Waals surface area (Å²) in [5.41, 5.74) is 1.07. The van der Waals surface area contributed by atoms with Crippen molar-refractivity contribution in [3.05, 3.63) is 58.6 Å². The number of Topliss-reactive ketones (excluding diaryl/α,β-unsaturated/α-hetero) is 2. The van der Waals surface area contributed by atoms with Gasteiger partial charge < -0.3 is 30.9 Å². The number of primary amides is 1. The first-order valence-corrected chi connectivity index (χ1v) is 11.2. The van der Waals surface area contributed by atoms with Crippen LogP contribution in [0.5, 0.6) is 5.75 Å². The molecule has 4 rings (SSSR count). The molecule has 1 amide bonds. The smallest absolute Gasteiger partial charge is 0.305 e. The molecule has 0 radical (unpaired) electrons. The van der Waals surface area contributed by atoms with Gasteiger partial charge in [-0.2, -0.15) is 0 Å². The molecule has 36 heavy (non-hydrogen) atoms. The molecule has 0 fully saturated rings. The number of phenolic OH excluding ortho intramolecular Hbond substituents is 1. The molecule has 190 valence electrons. The van der Waals surface area contributed by atoms with E-state index in [0.717, 1.165) is 0 Å². The Morgan fingerprint density at radius 2 is 1.83 bits per heavy atom. The van der Waals surface area contributed by atoms with Gasteiger partial charge in [0.05, 0.1) is 29.0 Å². The number of nitrogens with two attached hydrogens (primary N) is 1. The van der Waals surface area contributed by atoms with Crippen molar-refractivity contribution in [3.63, 3.8) is 0 Å². The minimum atomic E-state index is -2.98. The molecule has 3 aliphatic carbocycles. The van der Waals surface area contributed by atoms with E-state index < -0.39 is 81.4 Å². The first-order valence-electron chi connectivity index (χ1n) is 11.2. The highest BCUT2D eigenvalue weighted by molar-refractivity contribution is 6.25. The van der Waals surface area contributed by atoms with Crippen LogP contribution < -0.4 is 5.73 Å². The fourth-order valence-electron chi connectivity index (χ4n) is 5.56. The van der Waals surface area contributed by atoms with Gasteiger partial charge in [0, 0.05) is 6.42 Å². The Labute approximate surface area is 205 Å².